The Morgan fingerprint density at radius 3 is 2.22 bits per heavy atom. The number of halogens is 1. The Morgan fingerprint density at radius 2 is 1.83 bits per heavy atom. The Balaban J connectivity index is 2.45. The van der Waals surface area contributed by atoms with E-state index in [9.17, 15) is 26.0 Å². The fraction of sp³-hybridized carbons (Fsp3) is 0.875. The molecule has 0 aliphatic heterocycles. The Morgan fingerprint density at radius 1 is 1.28 bits per heavy atom. The first-order valence-corrected chi connectivity index (χ1v) is 8.66. The second-order valence-electron chi connectivity index (χ2n) is 4.51. The van der Waals surface area contributed by atoms with Gasteiger partial charge in [-0.05, 0) is 12.8 Å². The van der Waals surface area contributed by atoms with Crippen molar-refractivity contribution in [2.45, 2.75) is 12.8 Å². The van der Waals surface area contributed by atoms with Gasteiger partial charge in [-0.1, -0.05) is 0 Å². The summed E-state index contributed by atoms with van der Waals surface area (Å²) in [5.41, 5.74) is -0.820. The highest BCUT2D eigenvalue weighted by Gasteiger charge is 2.46. The molecule has 1 aliphatic carbocycles. The molecule has 0 unspecified atom stereocenters. The number of carbonyl (C=O) groups excluding carboxylic acids is 1. The van der Waals surface area contributed by atoms with Gasteiger partial charge in [0.15, 0.2) is 0 Å². The van der Waals surface area contributed by atoms with Gasteiger partial charge in [0.1, 0.15) is 0 Å². The maximum Gasteiger partial charge on any atom is 0.248 e. The summed E-state index contributed by atoms with van der Waals surface area (Å²) >= 11 is 0. The minimum Gasteiger partial charge on any atom is -0.273 e. The van der Waals surface area contributed by atoms with Gasteiger partial charge in [-0.2, -0.15) is 0 Å². The minimum atomic E-state index is -3.79. The van der Waals surface area contributed by atoms with E-state index in [1.165, 1.54) is 0 Å². The largest absolute Gasteiger partial charge is 0.273 e. The van der Waals surface area contributed by atoms with Crippen LogP contribution in [0.4, 0.5) is 4.39 Å². The molecular weight excluding hydrogens is 287 g/mol. The van der Waals surface area contributed by atoms with Crippen LogP contribution in [0.5, 0.6) is 0 Å². The predicted molar refractivity (Wildman–Crippen MR) is 62.4 cm³/mol. The maximum absolute atomic E-state index is 12.5. The quantitative estimate of drug-likeness (QED) is 0.609. The monoisotopic (exact) mass is 302 g/mol. The summed E-state index contributed by atoms with van der Waals surface area (Å²) in [6.45, 7) is -1.40. The van der Waals surface area contributed by atoms with Crippen LogP contribution in [-0.2, 0) is 24.8 Å². The van der Waals surface area contributed by atoms with E-state index in [-0.39, 0.29) is 5.75 Å². The normalized spacial score (nSPS) is 18.3. The van der Waals surface area contributed by atoms with Gasteiger partial charge in [0.25, 0.3) is 0 Å². The molecule has 0 spiro atoms. The Hall–Kier alpha value is -0.740. The Bertz CT molecular complexity index is 524. The lowest BCUT2D eigenvalue weighted by atomic mass is 10.2. The van der Waals surface area contributed by atoms with Crippen LogP contribution in [0.15, 0.2) is 0 Å². The summed E-state index contributed by atoms with van der Waals surface area (Å²) in [7, 11) is -7.50. The van der Waals surface area contributed by atoms with Crippen molar-refractivity contribution in [2.24, 2.45) is 5.41 Å². The van der Waals surface area contributed by atoms with Gasteiger partial charge in [-0.15, -0.1) is 0 Å². The molecule has 106 valence electrons. The molecule has 1 fully saturated rings. The summed E-state index contributed by atoms with van der Waals surface area (Å²) in [5.74, 6) is -1.37. The minimum absolute atomic E-state index is 0.386. The molecule has 2 N–H and O–H groups in total. The van der Waals surface area contributed by atoms with Crippen molar-refractivity contribution >= 4 is 26.0 Å². The third-order valence-electron chi connectivity index (χ3n) is 2.49. The summed E-state index contributed by atoms with van der Waals surface area (Å²) in [5, 5.41) is 0. The summed E-state index contributed by atoms with van der Waals surface area (Å²) in [6.07, 6.45) is 1.78. The van der Waals surface area contributed by atoms with Crippen molar-refractivity contribution in [1.29, 1.82) is 0 Å². The Kier molecular flexibility index (Phi) is 4.34. The average molecular weight is 302 g/mol. The summed E-state index contributed by atoms with van der Waals surface area (Å²) in [4.78, 5) is 11.1. The summed E-state index contributed by atoms with van der Waals surface area (Å²) < 4.78 is 60.5. The van der Waals surface area contributed by atoms with E-state index in [0.29, 0.717) is 12.8 Å². The number of hydrogen-bond acceptors (Lipinski definition) is 5. The lowest BCUT2D eigenvalue weighted by molar-refractivity contribution is -0.118. The van der Waals surface area contributed by atoms with Gasteiger partial charge in [0.2, 0.25) is 26.0 Å². The Labute approximate surface area is 105 Å². The van der Waals surface area contributed by atoms with Crippen LogP contribution in [0, 0.1) is 5.41 Å². The zero-order chi connectivity index (χ0) is 14.0. The van der Waals surface area contributed by atoms with Crippen LogP contribution in [0.2, 0.25) is 0 Å². The van der Waals surface area contributed by atoms with Crippen molar-refractivity contribution in [3.05, 3.63) is 0 Å². The molecule has 0 radical (unpaired) electrons. The number of sulfonamides is 2. The number of nitrogens with one attached hydrogen (secondary N) is 2. The van der Waals surface area contributed by atoms with Gasteiger partial charge in [-0.3, -0.25) is 13.9 Å². The molecule has 1 rings (SSSR count). The first-order chi connectivity index (χ1) is 8.08. The fourth-order valence-electron chi connectivity index (χ4n) is 1.37. The van der Waals surface area contributed by atoms with Crippen molar-refractivity contribution in [3.8, 4) is 0 Å². The first kappa shape index (κ1) is 15.3. The highest BCUT2D eigenvalue weighted by Crippen LogP contribution is 2.46. The number of amides is 1. The highest BCUT2D eigenvalue weighted by atomic mass is 32.2. The van der Waals surface area contributed by atoms with Crippen LogP contribution >= 0.6 is 0 Å². The second-order valence-corrected chi connectivity index (χ2v) is 8.07. The lowest BCUT2D eigenvalue weighted by Crippen LogP contribution is -2.41. The standard InChI is InChI=1S/C8H15FN2O5S2/c1-17(13,14)11-7(12)4-10-18(15,16)6-8(5-9)2-3-8/h10H,2-6H2,1H3,(H,11,12). The molecule has 18 heavy (non-hydrogen) atoms. The van der Waals surface area contributed by atoms with Crippen molar-refractivity contribution in [2.75, 3.05) is 25.2 Å². The van der Waals surface area contributed by atoms with Gasteiger partial charge in [0.05, 0.1) is 25.2 Å². The number of alkyl halides is 1. The molecule has 1 saturated carbocycles. The van der Waals surface area contributed by atoms with Gasteiger partial charge in [0, 0.05) is 5.41 Å². The number of carbonyl (C=O) groups is 1. The SMILES string of the molecule is CS(=O)(=O)NC(=O)CNS(=O)(=O)CC1(CF)CC1. The zero-order valence-electron chi connectivity index (χ0n) is 9.77. The van der Waals surface area contributed by atoms with Crippen molar-refractivity contribution < 1.29 is 26.0 Å². The topological polar surface area (TPSA) is 109 Å². The number of hydrogen-bond donors (Lipinski definition) is 2. The fourth-order valence-corrected chi connectivity index (χ4v) is 3.48. The van der Waals surface area contributed by atoms with Crippen molar-refractivity contribution in [1.82, 2.24) is 9.44 Å². The molecule has 0 bridgehead atoms. The average Bonchev–Trinajstić information content (AvgIpc) is 2.92. The van der Waals surface area contributed by atoms with Gasteiger partial charge in [-0.25, -0.2) is 21.6 Å². The van der Waals surface area contributed by atoms with E-state index in [1.807, 2.05) is 4.72 Å². The summed E-state index contributed by atoms with van der Waals surface area (Å²) in [6, 6.07) is 0. The van der Waals surface area contributed by atoms with E-state index < -0.39 is 44.6 Å². The molecule has 0 aromatic rings. The van der Waals surface area contributed by atoms with Gasteiger partial charge < -0.3 is 0 Å². The second kappa shape index (κ2) is 5.10. The predicted octanol–water partition coefficient (Wildman–Crippen LogP) is -1.27. The zero-order valence-corrected chi connectivity index (χ0v) is 11.4. The molecule has 1 aliphatic rings. The molecule has 0 heterocycles. The van der Waals surface area contributed by atoms with Crippen LogP contribution < -0.4 is 9.44 Å². The van der Waals surface area contributed by atoms with Gasteiger partial charge >= 0.3 is 0 Å². The number of rotatable bonds is 7. The molecule has 7 nitrogen and oxygen atoms in total. The van der Waals surface area contributed by atoms with E-state index in [0.717, 1.165) is 6.26 Å². The lowest BCUT2D eigenvalue weighted by Gasteiger charge is -2.11. The molecule has 1 amide bonds. The molecule has 0 atom stereocenters. The maximum atomic E-state index is 12.5. The van der Waals surface area contributed by atoms with Crippen molar-refractivity contribution in [3.63, 3.8) is 0 Å². The van der Waals surface area contributed by atoms with E-state index in [2.05, 4.69) is 0 Å². The molecule has 0 saturated heterocycles. The first-order valence-electron chi connectivity index (χ1n) is 5.11. The van der Waals surface area contributed by atoms with E-state index in [1.54, 1.807) is 4.72 Å². The smallest absolute Gasteiger partial charge is 0.248 e. The third-order valence-corrected chi connectivity index (χ3v) is 4.66. The van der Waals surface area contributed by atoms with Crippen LogP contribution in [0.1, 0.15) is 12.8 Å². The highest BCUT2D eigenvalue weighted by molar-refractivity contribution is 7.89. The molecule has 10 heteroatoms. The molecule has 0 aromatic carbocycles. The van der Waals surface area contributed by atoms with Crippen LogP contribution in [0.25, 0.3) is 0 Å². The molecular formula is C8H15FN2O5S2. The van der Waals surface area contributed by atoms with Crippen LogP contribution in [0.3, 0.4) is 0 Å². The van der Waals surface area contributed by atoms with E-state index >= 15 is 0 Å². The third kappa shape index (κ3) is 5.27. The van der Waals surface area contributed by atoms with E-state index in [4.69, 9.17) is 0 Å². The van der Waals surface area contributed by atoms with Crippen LogP contribution in [-0.4, -0.2) is 48.0 Å². The molecule has 0 aromatic heterocycles.